The number of rotatable bonds is 5. The van der Waals surface area contributed by atoms with Gasteiger partial charge < -0.3 is 5.32 Å². The first kappa shape index (κ1) is 14.4. The van der Waals surface area contributed by atoms with Crippen LogP contribution in [0.15, 0.2) is 16.3 Å². The molecule has 1 aromatic rings. The number of hydrogen-bond acceptors (Lipinski definition) is 4. The average molecular weight is 288 g/mol. The number of halogens is 3. The van der Waals surface area contributed by atoms with Crippen molar-refractivity contribution in [2.45, 2.75) is 17.6 Å². The molecule has 0 amide bonds. The minimum Gasteiger partial charge on any atom is -0.315 e. The van der Waals surface area contributed by atoms with E-state index in [-0.39, 0.29) is 4.90 Å². The summed E-state index contributed by atoms with van der Waals surface area (Å²) >= 11 is 1.17. The summed E-state index contributed by atoms with van der Waals surface area (Å²) in [5, 5.41) is 4.13. The molecule has 0 fully saturated rings. The molecule has 1 aromatic heterocycles. The summed E-state index contributed by atoms with van der Waals surface area (Å²) in [7, 11) is -2.39. The maximum Gasteiger partial charge on any atom is 0.402 e. The molecule has 0 aliphatic rings. The second kappa shape index (κ2) is 5.34. The minimum atomic E-state index is -4.56. The van der Waals surface area contributed by atoms with E-state index in [2.05, 4.69) is 5.32 Å². The maximum atomic E-state index is 11.9. The minimum absolute atomic E-state index is 0.142. The molecule has 1 rings (SSSR count). The predicted molar refractivity (Wildman–Crippen MR) is 58.3 cm³/mol. The smallest absolute Gasteiger partial charge is 0.315 e. The average Bonchev–Trinajstić information content (AvgIpc) is 2.64. The molecule has 0 spiro atoms. The summed E-state index contributed by atoms with van der Waals surface area (Å²) < 4.78 is 60.1. The van der Waals surface area contributed by atoms with Crippen LogP contribution in [0.2, 0.25) is 0 Å². The first-order valence-corrected chi connectivity index (χ1v) is 6.89. The van der Waals surface area contributed by atoms with Crippen LogP contribution in [-0.4, -0.2) is 28.2 Å². The van der Waals surface area contributed by atoms with Crippen LogP contribution < -0.4 is 10.0 Å². The second-order valence-electron chi connectivity index (χ2n) is 3.22. The van der Waals surface area contributed by atoms with Crippen molar-refractivity contribution in [1.82, 2.24) is 10.0 Å². The van der Waals surface area contributed by atoms with E-state index < -0.39 is 22.7 Å². The zero-order valence-electron chi connectivity index (χ0n) is 8.84. The van der Waals surface area contributed by atoms with E-state index in [1.165, 1.54) is 27.5 Å². The number of thiophene rings is 1. The topological polar surface area (TPSA) is 58.2 Å². The van der Waals surface area contributed by atoms with Crippen molar-refractivity contribution in [1.29, 1.82) is 0 Å². The zero-order chi connectivity index (χ0) is 13.1. The van der Waals surface area contributed by atoms with Gasteiger partial charge in [-0.2, -0.15) is 13.2 Å². The first-order valence-electron chi connectivity index (χ1n) is 4.53. The molecule has 0 bridgehead atoms. The Morgan fingerprint density at radius 2 is 2.06 bits per heavy atom. The summed E-state index contributed by atoms with van der Waals surface area (Å²) in [5.74, 6) is 0. The van der Waals surface area contributed by atoms with Gasteiger partial charge in [-0.05, 0) is 13.1 Å². The van der Waals surface area contributed by atoms with Crippen molar-refractivity contribution in [3.63, 3.8) is 0 Å². The lowest BCUT2D eigenvalue weighted by molar-refractivity contribution is -0.121. The van der Waals surface area contributed by atoms with Crippen molar-refractivity contribution < 1.29 is 21.6 Å². The largest absolute Gasteiger partial charge is 0.402 e. The van der Waals surface area contributed by atoms with Gasteiger partial charge in [-0.1, -0.05) is 0 Å². The molecule has 0 aliphatic carbocycles. The van der Waals surface area contributed by atoms with E-state index in [9.17, 15) is 21.6 Å². The van der Waals surface area contributed by atoms with Gasteiger partial charge >= 0.3 is 6.18 Å². The molecule has 0 radical (unpaired) electrons. The van der Waals surface area contributed by atoms with Crippen molar-refractivity contribution >= 4 is 21.4 Å². The summed E-state index contributed by atoms with van der Waals surface area (Å²) in [5.41, 5.74) is 0. The normalized spacial score (nSPS) is 12.9. The molecular weight excluding hydrogens is 277 g/mol. The van der Waals surface area contributed by atoms with Gasteiger partial charge in [-0.25, -0.2) is 13.1 Å². The zero-order valence-corrected chi connectivity index (χ0v) is 10.5. The Morgan fingerprint density at radius 3 is 2.59 bits per heavy atom. The molecule has 9 heteroatoms. The van der Waals surface area contributed by atoms with E-state index in [4.69, 9.17) is 0 Å². The lowest BCUT2D eigenvalue weighted by Gasteiger charge is -2.07. The van der Waals surface area contributed by atoms with Crippen LogP contribution >= 0.6 is 11.3 Å². The fraction of sp³-hybridized carbons (Fsp3) is 0.500. The Morgan fingerprint density at radius 1 is 1.41 bits per heavy atom. The SMILES string of the molecule is CNCc1cc(S(=O)(=O)NCC(F)(F)F)cs1. The maximum absolute atomic E-state index is 11.9. The molecule has 1 heterocycles. The summed E-state index contributed by atoms with van der Waals surface area (Å²) in [6.07, 6.45) is -4.56. The highest BCUT2D eigenvalue weighted by Crippen LogP contribution is 2.20. The Balaban J connectivity index is 2.75. The molecule has 0 saturated heterocycles. The number of nitrogens with one attached hydrogen (secondary N) is 2. The van der Waals surface area contributed by atoms with E-state index in [0.29, 0.717) is 6.54 Å². The first-order chi connectivity index (χ1) is 7.74. The molecule has 17 heavy (non-hydrogen) atoms. The van der Waals surface area contributed by atoms with Crippen LogP contribution in [0.3, 0.4) is 0 Å². The van der Waals surface area contributed by atoms with E-state index in [0.717, 1.165) is 4.88 Å². The van der Waals surface area contributed by atoms with Gasteiger partial charge in [-0.15, -0.1) is 11.3 Å². The molecule has 0 unspecified atom stereocenters. The lowest BCUT2D eigenvalue weighted by atomic mass is 10.5. The van der Waals surface area contributed by atoms with Crippen molar-refractivity contribution in [3.05, 3.63) is 16.3 Å². The fourth-order valence-corrected chi connectivity index (χ4v) is 3.33. The highest BCUT2D eigenvalue weighted by molar-refractivity contribution is 7.89. The Hall–Kier alpha value is -0.640. The molecule has 0 aliphatic heterocycles. The monoisotopic (exact) mass is 288 g/mol. The summed E-state index contributed by atoms with van der Waals surface area (Å²) in [6.45, 7) is -1.09. The Kier molecular flexibility index (Phi) is 4.53. The molecule has 98 valence electrons. The number of sulfonamides is 1. The standard InChI is InChI=1S/C8H11F3N2O2S2/c1-12-3-6-2-7(4-16-6)17(14,15)13-5-8(9,10)11/h2,4,12-13H,3,5H2,1H3. The fourth-order valence-electron chi connectivity index (χ4n) is 1.03. The van der Waals surface area contributed by atoms with Crippen LogP contribution in [0.25, 0.3) is 0 Å². The quantitative estimate of drug-likeness (QED) is 0.859. The summed E-state index contributed by atoms with van der Waals surface area (Å²) in [4.78, 5) is 0.594. The van der Waals surface area contributed by atoms with Crippen molar-refractivity contribution in [2.24, 2.45) is 0 Å². The van der Waals surface area contributed by atoms with E-state index in [1.54, 1.807) is 7.05 Å². The Labute approximate surface area is 101 Å². The number of hydrogen-bond donors (Lipinski definition) is 2. The van der Waals surface area contributed by atoms with Gasteiger partial charge in [0.15, 0.2) is 0 Å². The molecule has 0 saturated carbocycles. The van der Waals surface area contributed by atoms with Crippen LogP contribution in [0.4, 0.5) is 13.2 Å². The van der Waals surface area contributed by atoms with Crippen LogP contribution in [-0.2, 0) is 16.6 Å². The van der Waals surface area contributed by atoms with Crippen molar-refractivity contribution in [2.75, 3.05) is 13.6 Å². The third kappa shape index (κ3) is 4.62. The van der Waals surface area contributed by atoms with Gasteiger partial charge in [0.2, 0.25) is 10.0 Å². The van der Waals surface area contributed by atoms with Crippen LogP contribution in [0, 0.1) is 0 Å². The van der Waals surface area contributed by atoms with Gasteiger partial charge in [0.25, 0.3) is 0 Å². The van der Waals surface area contributed by atoms with E-state index >= 15 is 0 Å². The lowest BCUT2D eigenvalue weighted by Crippen LogP contribution is -2.33. The van der Waals surface area contributed by atoms with Gasteiger partial charge in [0.1, 0.15) is 6.54 Å². The second-order valence-corrected chi connectivity index (χ2v) is 5.98. The highest BCUT2D eigenvalue weighted by Gasteiger charge is 2.30. The molecule has 0 aromatic carbocycles. The van der Waals surface area contributed by atoms with Gasteiger partial charge in [0.05, 0.1) is 4.90 Å². The van der Waals surface area contributed by atoms with Crippen molar-refractivity contribution in [3.8, 4) is 0 Å². The van der Waals surface area contributed by atoms with Gasteiger partial charge in [-0.3, -0.25) is 0 Å². The van der Waals surface area contributed by atoms with Crippen LogP contribution in [0.1, 0.15) is 4.88 Å². The third-order valence-electron chi connectivity index (χ3n) is 1.75. The molecular formula is C8H11F3N2O2S2. The summed E-state index contributed by atoms with van der Waals surface area (Å²) in [6, 6.07) is 1.35. The highest BCUT2D eigenvalue weighted by atomic mass is 32.2. The third-order valence-corrected chi connectivity index (χ3v) is 4.22. The molecule has 2 N–H and O–H groups in total. The predicted octanol–water partition coefficient (Wildman–Crippen LogP) is 1.31. The number of alkyl halides is 3. The van der Waals surface area contributed by atoms with E-state index in [1.807, 2.05) is 0 Å². The Bertz CT molecular complexity index is 467. The van der Waals surface area contributed by atoms with Crippen LogP contribution in [0.5, 0.6) is 0 Å². The van der Waals surface area contributed by atoms with Gasteiger partial charge in [0, 0.05) is 16.8 Å². The molecule has 0 atom stereocenters. The molecule has 4 nitrogen and oxygen atoms in total.